The average Bonchev–Trinajstić information content (AvgIpc) is 4.28. The van der Waals surface area contributed by atoms with Crippen LogP contribution in [-0.4, -0.2) is 153 Å². The molecule has 0 radical (unpaired) electrons. The number of anilines is 1. The second-order valence-electron chi connectivity index (χ2n) is 21.5. The Morgan fingerprint density at radius 1 is 0.963 bits per heavy atom. The number of carbonyl (C=O) groups is 3. The number of benzene rings is 4. The summed E-state index contributed by atoms with van der Waals surface area (Å²) in [6.07, 6.45) is 1.67. The summed E-state index contributed by atoms with van der Waals surface area (Å²) in [6.45, 7) is 17.4. The molecule has 0 aliphatic carbocycles. The number of phenolic OH excluding ortho intramolecular Hbond substituents is 1. The number of hydrogen-bond acceptors (Lipinski definition) is 16. The van der Waals surface area contributed by atoms with E-state index < -0.39 is 30.0 Å². The number of aliphatic hydroxyl groups excluding tert-OH is 1. The Morgan fingerprint density at radius 3 is 2.43 bits per heavy atom. The first-order chi connectivity index (χ1) is 39.0. The Morgan fingerprint density at radius 2 is 1.72 bits per heavy atom. The first kappa shape index (κ1) is 57.0. The summed E-state index contributed by atoms with van der Waals surface area (Å²) in [6, 6.07) is 20.5. The Hall–Kier alpha value is -7.23. The van der Waals surface area contributed by atoms with E-state index in [2.05, 4.69) is 31.9 Å². The third kappa shape index (κ3) is 12.6. The van der Waals surface area contributed by atoms with Gasteiger partial charge in [-0.3, -0.25) is 19.3 Å². The molecule has 0 spiro atoms. The largest absolute Gasteiger partial charge is 0.508 e. The number of aromatic hydroxyl groups is 1. The number of phenols is 1. The molecule has 3 fully saturated rings. The number of β-amino-alcohol motifs (C(OH)–C–C–N with tert-alkyl or cyclic N) is 1. The Balaban J connectivity index is 0.722. The van der Waals surface area contributed by atoms with Gasteiger partial charge in [0, 0.05) is 75.8 Å². The van der Waals surface area contributed by atoms with E-state index in [-0.39, 0.29) is 89.1 Å². The van der Waals surface area contributed by atoms with E-state index in [1.807, 2.05) is 93.6 Å². The fourth-order valence-corrected chi connectivity index (χ4v) is 12.4. The summed E-state index contributed by atoms with van der Waals surface area (Å²) in [5, 5.41) is 30.5. The minimum atomic E-state index is -0.868. The molecular weight excluding hydrogens is 1080 g/mol. The summed E-state index contributed by atoms with van der Waals surface area (Å²) >= 11 is 8.52. The molecule has 7 aromatic rings. The fraction of sp³-hybridized carbons (Fsp3) is 0.417. The van der Waals surface area contributed by atoms with Crippen molar-refractivity contribution in [1.82, 2.24) is 40.1 Å². The monoisotopic (exact) mass is 1140 g/mol. The third-order valence-electron chi connectivity index (χ3n) is 15.5. The molecule has 3 aliphatic rings. The van der Waals surface area contributed by atoms with E-state index in [1.165, 1.54) is 17.0 Å². The number of halogens is 2. The topological polar surface area (TPSA) is 209 Å². The molecule has 3 amide bonds. The van der Waals surface area contributed by atoms with Crippen LogP contribution in [0.3, 0.4) is 0 Å². The zero-order valence-corrected chi connectivity index (χ0v) is 47.6. The molecule has 4 aromatic carbocycles. The molecule has 0 saturated carbocycles. The number of nitrogens with zero attached hydrogens (tertiary/aromatic N) is 8. The number of piperidine rings is 1. The smallest absolute Gasteiger partial charge is 0.319 e. The molecule has 3 N–H and O–H groups in total. The summed E-state index contributed by atoms with van der Waals surface area (Å²) in [7, 11) is 0. The lowest BCUT2D eigenvalue weighted by Gasteiger charge is -2.35. The molecule has 3 saturated heterocycles. The minimum absolute atomic E-state index is 0.00185. The summed E-state index contributed by atoms with van der Waals surface area (Å²) in [5.74, 6) is -1.62. The standard InChI is InChI=1S/C60H67ClFN9O9S/c1-7-51(74)69-20-22-70(23-21-69)57-46-29-47(61)53(45-27-41(72)26-40-10-8-9-11-44(40)45)54(62)55(46)65-60(66-57)79-35(4)31-68-18-16-43(17-19-68)77-24-25-78-50-30-49(80-67-50)52(34(2)3)59(76)71-32-42(73)28-48(71)58(75)64-36(5)38-12-14-39(15-13-38)56-37(6)63-33-81-56/h7-15,26-27,29-30,33-36,42-43,48,52,72-73H,1,16-25,28,31-32H2,2-6H3,(H,64,75)/t35-,36+,42-,48+,52?/m1/s1. The van der Waals surface area contributed by atoms with Gasteiger partial charge in [-0.1, -0.05) is 80.6 Å². The van der Waals surface area contributed by atoms with Crippen molar-refractivity contribution in [3.8, 4) is 39.2 Å². The van der Waals surface area contributed by atoms with Crippen molar-refractivity contribution < 1.29 is 47.7 Å². The van der Waals surface area contributed by atoms with Gasteiger partial charge in [0.15, 0.2) is 11.6 Å². The van der Waals surface area contributed by atoms with Crippen LogP contribution in [-0.2, 0) is 19.1 Å². The number of rotatable bonds is 19. The maximum Gasteiger partial charge on any atom is 0.319 e. The van der Waals surface area contributed by atoms with Crippen LogP contribution in [0.25, 0.3) is 43.2 Å². The summed E-state index contributed by atoms with van der Waals surface area (Å²) in [4.78, 5) is 62.9. The number of piperazine rings is 1. The lowest BCUT2D eigenvalue weighted by atomic mass is 9.91. The molecule has 0 bridgehead atoms. The highest BCUT2D eigenvalue weighted by Crippen LogP contribution is 2.43. The highest BCUT2D eigenvalue weighted by molar-refractivity contribution is 7.13. The molecule has 10 rings (SSSR count). The van der Waals surface area contributed by atoms with Gasteiger partial charge in [-0.25, -0.2) is 9.37 Å². The summed E-state index contributed by atoms with van der Waals surface area (Å²) in [5.41, 5.74) is 5.27. The molecule has 5 atom stereocenters. The number of thiazole rings is 1. The first-order valence-corrected chi connectivity index (χ1v) is 28.8. The zero-order chi connectivity index (χ0) is 57.1. The third-order valence-corrected chi connectivity index (χ3v) is 16.7. The number of aromatic nitrogens is 4. The number of aliphatic hydroxyl groups is 1. The molecule has 21 heteroatoms. The second kappa shape index (κ2) is 24.9. The van der Waals surface area contributed by atoms with Crippen LogP contribution in [0.5, 0.6) is 17.6 Å². The van der Waals surface area contributed by atoms with Crippen molar-refractivity contribution in [2.45, 2.75) is 90.2 Å². The molecule has 3 aliphatic heterocycles. The van der Waals surface area contributed by atoms with Gasteiger partial charge in [-0.15, -0.1) is 11.3 Å². The average molecular weight is 1140 g/mol. The van der Waals surface area contributed by atoms with Gasteiger partial charge in [0.1, 0.15) is 41.8 Å². The molecule has 1 unspecified atom stereocenters. The molecule has 426 valence electrons. The van der Waals surface area contributed by atoms with Crippen LogP contribution in [0.4, 0.5) is 10.2 Å². The fourth-order valence-electron chi connectivity index (χ4n) is 11.3. The lowest BCUT2D eigenvalue weighted by molar-refractivity contribution is -0.141. The van der Waals surface area contributed by atoms with E-state index in [0.717, 1.165) is 53.0 Å². The second-order valence-corrected chi connectivity index (χ2v) is 22.7. The van der Waals surface area contributed by atoms with Gasteiger partial charge >= 0.3 is 6.01 Å². The molecule has 6 heterocycles. The van der Waals surface area contributed by atoms with Crippen LogP contribution in [0.2, 0.25) is 5.02 Å². The van der Waals surface area contributed by atoms with Gasteiger partial charge in [0.05, 0.1) is 46.0 Å². The van der Waals surface area contributed by atoms with Crippen molar-refractivity contribution in [2.24, 2.45) is 5.92 Å². The van der Waals surface area contributed by atoms with E-state index in [9.17, 15) is 24.6 Å². The van der Waals surface area contributed by atoms with Crippen LogP contribution < -0.4 is 19.7 Å². The lowest BCUT2D eigenvalue weighted by Crippen LogP contribution is -2.48. The molecule has 81 heavy (non-hydrogen) atoms. The van der Waals surface area contributed by atoms with Gasteiger partial charge in [-0.05, 0) is 96.4 Å². The first-order valence-electron chi connectivity index (χ1n) is 27.5. The van der Waals surface area contributed by atoms with Gasteiger partial charge in [-0.2, -0.15) is 9.97 Å². The number of likely N-dealkylation sites (tertiary alicyclic amines) is 2. The minimum Gasteiger partial charge on any atom is -0.508 e. The van der Waals surface area contributed by atoms with Gasteiger partial charge < -0.3 is 49.0 Å². The van der Waals surface area contributed by atoms with Gasteiger partial charge in [0.25, 0.3) is 5.88 Å². The maximum atomic E-state index is 17.2. The predicted octanol–water partition coefficient (Wildman–Crippen LogP) is 9.11. The Bertz CT molecular complexity index is 3420. The SMILES string of the molecule is C=CC(=O)N1CCN(c2nc(O[C@H](C)CN3CCC(OCCOc4cc(C(C(=O)N5C[C@H](O)C[C@H]5C(=O)N[C@@H](C)c5ccc(-c6scnc6C)cc5)C(C)C)on4)CC3)nc3c(F)c(-c4cc(O)cc5ccccc45)c(Cl)cc23)CC1. The number of aryl methyl sites for hydroxylation is 1. The zero-order valence-electron chi connectivity index (χ0n) is 46.0. The predicted molar refractivity (Wildman–Crippen MR) is 308 cm³/mol. The molecule has 3 aromatic heterocycles. The highest BCUT2D eigenvalue weighted by atomic mass is 35.5. The van der Waals surface area contributed by atoms with Crippen LogP contribution in [0, 0.1) is 18.7 Å². The van der Waals surface area contributed by atoms with Crippen molar-refractivity contribution in [3.63, 3.8) is 0 Å². The van der Waals surface area contributed by atoms with Crippen molar-refractivity contribution in [1.29, 1.82) is 0 Å². The maximum absolute atomic E-state index is 17.2. The van der Waals surface area contributed by atoms with Crippen molar-refractivity contribution in [2.75, 3.05) is 70.5 Å². The Labute approximate surface area is 478 Å². The number of amides is 3. The number of carbonyl (C=O) groups excluding carboxylic acids is 3. The normalized spacial score (nSPS) is 18.4. The quantitative estimate of drug-likeness (QED) is 0.0510. The van der Waals surface area contributed by atoms with Crippen LogP contribution >= 0.6 is 22.9 Å². The number of hydrogen-bond donors (Lipinski definition) is 3. The van der Waals surface area contributed by atoms with Gasteiger partial charge in [0.2, 0.25) is 17.7 Å². The molecular formula is C60H67ClFN9O9S. The summed E-state index contributed by atoms with van der Waals surface area (Å²) < 4.78 is 41.4. The number of fused-ring (bicyclic) bond motifs is 2. The number of ether oxygens (including phenoxy) is 3. The van der Waals surface area contributed by atoms with E-state index in [4.69, 9.17) is 35.3 Å². The molecule has 18 nitrogen and oxygen atoms in total. The van der Waals surface area contributed by atoms with Crippen LogP contribution in [0.1, 0.15) is 75.9 Å². The van der Waals surface area contributed by atoms with E-state index >= 15 is 4.39 Å². The Kier molecular flexibility index (Phi) is 17.5. The van der Waals surface area contributed by atoms with E-state index in [1.54, 1.807) is 34.4 Å². The van der Waals surface area contributed by atoms with E-state index in [0.29, 0.717) is 67.2 Å². The van der Waals surface area contributed by atoms with Crippen molar-refractivity contribution in [3.05, 3.63) is 119 Å². The highest BCUT2D eigenvalue weighted by Gasteiger charge is 2.44. The van der Waals surface area contributed by atoms with Crippen LogP contribution in [0.15, 0.2) is 95.5 Å². The van der Waals surface area contributed by atoms with Crippen molar-refractivity contribution >= 4 is 68.2 Å². The number of nitrogens with one attached hydrogen (secondary N) is 1.